The minimum Gasteiger partial charge on any atom is -0.508 e. The van der Waals surface area contributed by atoms with Crippen molar-refractivity contribution < 1.29 is 39.2 Å². The second-order valence-corrected chi connectivity index (χ2v) is 7.32. The highest BCUT2D eigenvalue weighted by Gasteiger charge is 2.36. The summed E-state index contributed by atoms with van der Waals surface area (Å²) in [5.74, 6) is -4.87. The molecule has 0 heterocycles. The molecule has 1 aliphatic rings. The van der Waals surface area contributed by atoms with Crippen LogP contribution in [-0.2, 0) is 9.53 Å². The minimum absolute atomic E-state index is 0.151. The first-order chi connectivity index (χ1) is 14.6. The quantitative estimate of drug-likeness (QED) is 0.451. The third-order valence-electron chi connectivity index (χ3n) is 5.38. The van der Waals surface area contributed by atoms with E-state index in [1.807, 2.05) is 6.92 Å². The van der Waals surface area contributed by atoms with Crippen molar-refractivity contribution in [1.29, 1.82) is 0 Å². The van der Waals surface area contributed by atoms with Gasteiger partial charge in [-0.3, -0.25) is 14.4 Å². The Labute approximate surface area is 177 Å². The number of nitrogens with one attached hydrogen (secondary N) is 1. The van der Waals surface area contributed by atoms with Crippen molar-refractivity contribution in [1.82, 2.24) is 5.32 Å². The number of carbonyl (C=O) groups is 4. The molecule has 2 aromatic carbocycles. The average Bonchev–Trinajstić information content (AvgIpc) is 2.73. The summed E-state index contributed by atoms with van der Waals surface area (Å²) in [7, 11) is 1.20. The number of esters is 1. The highest BCUT2D eigenvalue weighted by Crippen LogP contribution is 2.39. The number of rotatable bonds is 5. The van der Waals surface area contributed by atoms with E-state index in [-0.39, 0.29) is 33.7 Å². The summed E-state index contributed by atoms with van der Waals surface area (Å²) in [6, 6.07) is 3.12. The molecule has 0 spiro atoms. The Hall–Kier alpha value is -3.88. The molecule has 0 aromatic heterocycles. The number of phenols is 3. The fraction of sp³-hybridized carbons (Fsp3) is 0.273. The highest BCUT2D eigenvalue weighted by molar-refractivity contribution is 6.30. The molecule has 1 aliphatic carbocycles. The van der Waals surface area contributed by atoms with Crippen molar-refractivity contribution in [3.05, 3.63) is 52.1 Å². The van der Waals surface area contributed by atoms with Crippen LogP contribution >= 0.6 is 0 Å². The number of methoxy groups -OCH3 is 1. The largest absolute Gasteiger partial charge is 0.508 e. The first kappa shape index (κ1) is 21.8. The van der Waals surface area contributed by atoms with Gasteiger partial charge in [-0.2, -0.15) is 0 Å². The maximum atomic E-state index is 12.9. The summed E-state index contributed by atoms with van der Waals surface area (Å²) in [6.45, 7) is 3.59. The summed E-state index contributed by atoms with van der Waals surface area (Å²) in [5.41, 5.74) is -1.36. The van der Waals surface area contributed by atoms with Gasteiger partial charge in [-0.1, -0.05) is 20.3 Å². The van der Waals surface area contributed by atoms with Crippen LogP contribution in [0.1, 0.15) is 62.5 Å². The summed E-state index contributed by atoms with van der Waals surface area (Å²) in [4.78, 5) is 50.5. The molecule has 31 heavy (non-hydrogen) atoms. The highest BCUT2D eigenvalue weighted by atomic mass is 16.5. The van der Waals surface area contributed by atoms with E-state index in [2.05, 4.69) is 5.32 Å². The van der Waals surface area contributed by atoms with E-state index in [0.717, 1.165) is 24.3 Å². The van der Waals surface area contributed by atoms with Crippen LogP contribution in [0.15, 0.2) is 24.3 Å². The number of hydrogen-bond donors (Lipinski definition) is 4. The Balaban J connectivity index is 2.05. The topological polar surface area (TPSA) is 150 Å². The maximum absolute atomic E-state index is 12.9. The first-order valence-corrected chi connectivity index (χ1v) is 9.51. The van der Waals surface area contributed by atoms with Crippen LogP contribution < -0.4 is 5.32 Å². The Morgan fingerprint density at radius 3 is 2.13 bits per heavy atom. The fourth-order valence-corrected chi connectivity index (χ4v) is 3.50. The van der Waals surface area contributed by atoms with Gasteiger partial charge >= 0.3 is 5.97 Å². The predicted octanol–water partition coefficient (Wildman–Crippen LogP) is 1.90. The number of ether oxygens (including phenoxy) is 1. The maximum Gasteiger partial charge on any atom is 0.328 e. The van der Waals surface area contributed by atoms with Gasteiger partial charge in [0.25, 0.3) is 5.91 Å². The van der Waals surface area contributed by atoms with E-state index in [1.165, 1.54) is 7.11 Å². The second kappa shape index (κ2) is 8.10. The number of amides is 1. The molecule has 9 nitrogen and oxygen atoms in total. The Morgan fingerprint density at radius 1 is 0.968 bits per heavy atom. The predicted molar refractivity (Wildman–Crippen MR) is 107 cm³/mol. The van der Waals surface area contributed by atoms with Crippen LogP contribution in [0.4, 0.5) is 0 Å². The van der Waals surface area contributed by atoms with Crippen molar-refractivity contribution in [3.8, 4) is 17.2 Å². The van der Waals surface area contributed by atoms with Gasteiger partial charge in [0.15, 0.2) is 5.78 Å². The van der Waals surface area contributed by atoms with Crippen molar-refractivity contribution >= 4 is 23.4 Å². The van der Waals surface area contributed by atoms with Crippen LogP contribution in [0.3, 0.4) is 0 Å². The molecule has 2 aromatic rings. The van der Waals surface area contributed by atoms with E-state index in [9.17, 15) is 34.5 Å². The monoisotopic (exact) mass is 427 g/mol. The Bertz CT molecular complexity index is 1120. The zero-order valence-corrected chi connectivity index (χ0v) is 17.1. The molecule has 162 valence electrons. The molecular formula is C22H21NO8. The summed E-state index contributed by atoms with van der Waals surface area (Å²) in [6.07, 6.45) is 0.576. The van der Waals surface area contributed by atoms with Crippen LogP contribution in [0, 0.1) is 5.92 Å². The van der Waals surface area contributed by atoms with Gasteiger partial charge in [-0.25, -0.2) is 4.79 Å². The molecular weight excluding hydrogens is 406 g/mol. The van der Waals surface area contributed by atoms with Gasteiger partial charge in [0.1, 0.15) is 23.3 Å². The number of carbonyl (C=O) groups excluding carboxylic acids is 4. The van der Waals surface area contributed by atoms with E-state index in [1.54, 1.807) is 6.92 Å². The Kier molecular flexibility index (Phi) is 5.70. The molecule has 1 amide bonds. The van der Waals surface area contributed by atoms with Crippen LogP contribution in [0.25, 0.3) is 0 Å². The number of benzene rings is 2. The molecule has 0 unspecified atom stereocenters. The lowest BCUT2D eigenvalue weighted by Crippen LogP contribution is -2.45. The number of phenolic OH excluding ortho intramolecular Hbond substituents is 3. The molecule has 4 N–H and O–H groups in total. The smallest absolute Gasteiger partial charge is 0.328 e. The molecule has 0 saturated heterocycles. The number of ketones is 2. The first-order valence-electron chi connectivity index (χ1n) is 9.51. The number of hydrogen-bond acceptors (Lipinski definition) is 8. The van der Waals surface area contributed by atoms with Gasteiger partial charge in [0.2, 0.25) is 5.78 Å². The second-order valence-electron chi connectivity index (χ2n) is 7.32. The molecule has 0 bridgehead atoms. The fourth-order valence-electron chi connectivity index (χ4n) is 3.50. The molecule has 0 fully saturated rings. The molecule has 2 atom stereocenters. The van der Waals surface area contributed by atoms with Crippen LogP contribution in [0.5, 0.6) is 17.2 Å². The molecule has 0 aliphatic heterocycles. The molecule has 3 rings (SSSR count). The van der Waals surface area contributed by atoms with Crippen molar-refractivity contribution in [2.45, 2.75) is 26.3 Å². The van der Waals surface area contributed by atoms with Crippen molar-refractivity contribution in [2.24, 2.45) is 5.92 Å². The third-order valence-corrected chi connectivity index (χ3v) is 5.38. The van der Waals surface area contributed by atoms with E-state index < -0.39 is 46.7 Å². The zero-order chi connectivity index (χ0) is 23.0. The molecule has 0 radical (unpaired) electrons. The standard InChI is InChI=1S/C22H21NO8/c1-4-9(2)18(22(30)31-3)23-21(29)10-5-12-16(14(25)6-10)20(28)17-13(19(12)27)7-11(24)8-15(17)26/h5-9,18,24-26H,4H2,1-3H3,(H,23,29)/t9-,18-/m0/s1. The Morgan fingerprint density at radius 2 is 1.55 bits per heavy atom. The lowest BCUT2D eigenvalue weighted by molar-refractivity contribution is -0.144. The van der Waals surface area contributed by atoms with Gasteiger partial charge in [-0.15, -0.1) is 0 Å². The zero-order valence-electron chi connectivity index (χ0n) is 17.1. The van der Waals surface area contributed by atoms with Crippen LogP contribution in [0.2, 0.25) is 0 Å². The lowest BCUT2D eigenvalue weighted by Gasteiger charge is -2.23. The number of fused-ring (bicyclic) bond motifs is 2. The van der Waals surface area contributed by atoms with Crippen molar-refractivity contribution in [2.75, 3.05) is 7.11 Å². The summed E-state index contributed by atoms with van der Waals surface area (Å²) in [5, 5.41) is 32.6. The lowest BCUT2D eigenvalue weighted by atomic mass is 9.82. The van der Waals surface area contributed by atoms with Crippen LogP contribution in [-0.4, -0.2) is 51.9 Å². The van der Waals surface area contributed by atoms with Gasteiger partial charge < -0.3 is 25.4 Å². The molecule has 0 saturated carbocycles. The average molecular weight is 427 g/mol. The number of aromatic hydroxyl groups is 3. The van der Waals surface area contributed by atoms with Gasteiger partial charge in [0.05, 0.1) is 18.2 Å². The van der Waals surface area contributed by atoms with E-state index in [4.69, 9.17) is 4.74 Å². The van der Waals surface area contributed by atoms with Gasteiger partial charge in [-0.05, 0) is 24.1 Å². The normalized spacial score (nSPS) is 14.3. The summed E-state index contributed by atoms with van der Waals surface area (Å²) >= 11 is 0. The van der Waals surface area contributed by atoms with Gasteiger partial charge in [0, 0.05) is 22.8 Å². The molecule has 9 heteroatoms. The SMILES string of the molecule is CC[C@H](C)[C@H](NC(=O)c1cc(O)c2c(c1)C(=O)c1cc(O)cc(O)c1C2=O)C(=O)OC. The third kappa shape index (κ3) is 3.70. The van der Waals surface area contributed by atoms with E-state index >= 15 is 0 Å². The minimum atomic E-state index is -0.951. The summed E-state index contributed by atoms with van der Waals surface area (Å²) < 4.78 is 4.73. The van der Waals surface area contributed by atoms with E-state index in [0.29, 0.717) is 6.42 Å². The van der Waals surface area contributed by atoms with Crippen molar-refractivity contribution in [3.63, 3.8) is 0 Å².